The van der Waals surface area contributed by atoms with E-state index in [1.54, 1.807) is 12.1 Å². The summed E-state index contributed by atoms with van der Waals surface area (Å²) in [5, 5.41) is 3.41. The molecule has 21 heavy (non-hydrogen) atoms. The van der Waals surface area contributed by atoms with Crippen LogP contribution >= 0.6 is 12.4 Å². The van der Waals surface area contributed by atoms with Crippen molar-refractivity contribution in [1.82, 2.24) is 10.2 Å². The minimum Gasteiger partial charge on any atom is -0.316 e. The Morgan fingerprint density at radius 2 is 1.90 bits per heavy atom. The highest BCUT2D eigenvalue weighted by molar-refractivity contribution is 7.90. The standard InChI is InChI=1S/C15H24N2O2S.ClH/c1-15(8-9-16-11-15)12-17(2)10-13-4-6-14(7-5-13)20(3,18)19;/h4-7,16H,8-12H2,1-3H3;1H. The van der Waals surface area contributed by atoms with Crippen molar-refractivity contribution in [3.8, 4) is 0 Å². The SMILES string of the molecule is CN(Cc1ccc(S(C)(=O)=O)cc1)CC1(C)CCNC1.Cl. The fourth-order valence-corrected chi connectivity index (χ4v) is 3.50. The normalized spacial score (nSPS) is 22.3. The Morgan fingerprint density at radius 1 is 1.29 bits per heavy atom. The highest BCUT2D eigenvalue weighted by atomic mass is 35.5. The first kappa shape index (κ1) is 18.4. The summed E-state index contributed by atoms with van der Waals surface area (Å²) in [4.78, 5) is 2.69. The molecule has 1 atom stereocenters. The quantitative estimate of drug-likeness (QED) is 0.895. The van der Waals surface area contributed by atoms with Crippen molar-refractivity contribution in [3.63, 3.8) is 0 Å². The van der Waals surface area contributed by atoms with Gasteiger partial charge in [-0.25, -0.2) is 8.42 Å². The van der Waals surface area contributed by atoms with Gasteiger partial charge in [-0.05, 0) is 43.1 Å². The molecule has 1 aromatic rings. The molecule has 0 amide bonds. The third kappa shape index (κ3) is 5.25. The molecule has 1 aliphatic heterocycles. The van der Waals surface area contributed by atoms with E-state index in [0.717, 1.165) is 31.7 Å². The molecule has 0 aliphatic carbocycles. The average molecular weight is 333 g/mol. The molecule has 0 bridgehead atoms. The van der Waals surface area contributed by atoms with Crippen LogP contribution in [-0.4, -0.2) is 46.3 Å². The average Bonchev–Trinajstić information content (AvgIpc) is 2.74. The van der Waals surface area contributed by atoms with Crippen molar-refractivity contribution in [3.05, 3.63) is 29.8 Å². The van der Waals surface area contributed by atoms with E-state index in [9.17, 15) is 8.42 Å². The maximum absolute atomic E-state index is 11.4. The van der Waals surface area contributed by atoms with Crippen molar-refractivity contribution in [2.75, 3.05) is 32.9 Å². The van der Waals surface area contributed by atoms with Crippen LogP contribution in [-0.2, 0) is 16.4 Å². The third-order valence-corrected chi connectivity index (χ3v) is 5.04. The van der Waals surface area contributed by atoms with Crippen LogP contribution in [0.2, 0.25) is 0 Å². The maximum atomic E-state index is 11.4. The van der Waals surface area contributed by atoms with E-state index in [2.05, 4.69) is 24.2 Å². The lowest BCUT2D eigenvalue weighted by atomic mass is 9.89. The van der Waals surface area contributed by atoms with Gasteiger partial charge in [0.25, 0.3) is 0 Å². The van der Waals surface area contributed by atoms with Crippen molar-refractivity contribution in [2.24, 2.45) is 5.41 Å². The molecule has 1 unspecified atom stereocenters. The van der Waals surface area contributed by atoms with Crippen molar-refractivity contribution in [2.45, 2.75) is 24.8 Å². The number of hydrogen-bond donors (Lipinski definition) is 1. The molecule has 1 heterocycles. The second kappa shape index (κ2) is 7.09. The van der Waals surface area contributed by atoms with Gasteiger partial charge in [0, 0.05) is 25.9 Å². The second-order valence-electron chi connectivity index (χ2n) is 6.33. The minimum absolute atomic E-state index is 0. The summed E-state index contributed by atoms with van der Waals surface area (Å²) in [5.41, 5.74) is 1.50. The number of rotatable bonds is 5. The lowest BCUT2D eigenvalue weighted by molar-refractivity contribution is 0.203. The summed E-state index contributed by atoms with van der Waals surface area (Å²) in [7, 11) is -0.979. The van der Waals surface area contributed by atoms with Crippen molar-refractivity contribution >= 4 is 22.2 Å². The topological polar surface area (TPSA) is 49.4 Å². The van der Waals surface area contributed by atoms with Gasteiger partial charge in [0.2, 0.25) is 0 Å². The summed E-state index contributed by atoms with van der Waals surface area (Å²) in [6, 6.07) is 7.19. The van der Waals surface area contributed by atoms with Crippen LogP contribution < -0.4 is 5.32 Å². The number of benzene rings is 1. The van der Waals surface area contributed by atoms with Gasteiger partial charge in [-0.3, -0.25) is 0 Å². The van der Waals surface area contributed by atoms with Crippen LogP contribution in [0.5, 0.6) is 0 Å². The molecule has 0 aromatic heterocycles. The van der Waals surface area contributed by atoms with Gasteiger partial charge in [0.15, 0.2) is 9.84 Å². The smallest absolute Gasteiger partial charge is 0.175 e. The van der Waals surface area contributed by atoms with E-state index in [-0.39, 0.29) is 12.4 Å². The lowest BCUT2D eigenvalue weighted by Gasteiger charge is -2.29. The first-order valence-corrected chi connectivity index (χ1v) is 8.86. The van der Waals surface area contributed by atoms with E-state index in [4.69, 9.17) is 0 Å². The molecule has 1 aliphatic rings. The number of nitrogens with one attached hydrogen (secondary N) is 1. The van der Waals surface area contributed by atoms with Gasteiger partial charge >= 0.3 is 0 Å². The zero-order chi connectivity index (χ0) is 14.8. The summed E-state index contributed by atoms with van der Waals surface area (Å²) < 4.78 is 22.8. The Kier molecular flexibility index (Phi) is 6.23. The van der Waals surface area contributed by atoms with E-state index in [1.807, 2.05) is 12.1 Å². The first-order valence-electron chi connectivity index (χ1n) is 6.97. The summed E-state index contributed by atoms with van der Waals surface area (Å²) in [6.45, 7) is 6.39. The van der Waals surface area contributed by atoms with Crippen LogP contribution in [0.1, 0.15) is 18.9 Å². The molecule has 4 nitrogen and oxygen atoms in total. The number of nitrogens with zero attached hydrogens (tertiary/aromatic N) is 1. The van der Waals surface area contributed by atoms with Crippen LogP contribution in [0.3, 0.4) is 0 Å². The predicted octanol–water partition coefficient (Wildman–Crippen LogP) is 1.94. The molecule has 1 saturated heterocycles. The summed E-state index contributed by atoms with van der Waals surface area (Å²) in [5.74, 6) is 0. The maximum Gasteiger partial charge on any atom is 0.175 e. The van der Waals surface area contributed by atoms with E-state index < -0.39 is 9.84 Å². The van der Waals surface area contributed by atoms with Gasteiger partial charge < -0.3 is 10.2 Å². The number of halogens is 1. The van der Waals surface area contributed by atoms with Gasteiger partial charge in [0.05, 0.1) is 4.90 Å². The van der Waals surface area contributed by atoms with Gasteiger partial charge in [0.1, 0.15) is 0 Å². The Hall–Kier alpha value is -0.620. The molecule has 6 heteroatoms. The molecule has 0 radical (unpaired) electrons. The van der Waals surface area contributed by atoms with Crippen LogP contribution in [0.15, 0.2) is 29.2 Å². The van der Waals surface area contributed by atoms with E-state index in [0.29, 0.717) is 10.3 Å². The van der Waals surface area contributed by atoms with Gasteiger partial charge in [-0.2, -0.15) is 0 Å². The lowest BCUT2D eigenvalue weighted by Crippen LogP contribution is -2.34. The van der Waals surface area contributed by atoms with Crippen LogP contribution in [0, 0.1) is 5.41 Å². The zero-order valence-electron chi connectivity index (χ0n) is 12.9. The minimum atomic E-state index is -3.10. The molecular formula is C15H25ClN2O2S. The fourth-order valence-electron chi connectivity index (χ4n) is 2.86. The highest BCUT2D eigenvalue weighted by Gasteiger charge is 2.29. The van der Waals surface area contributed by atoms with E-state index in [1.165, 1.54) is 12.7 Å². The Balaban J connectivity index is 0.00000220. The van der Waals surface area contributed by atoms with Crippen LogP contribution in [0.25, 0.3) is 0 Å². The van der Waals surface area contributed by atoms with Crippen LogP contribution in [0.4, 0.5) is 0 Å². The largest absolute Gasteiger partial charge is 0.316 e. The number of hydrogen-bond acceptors (Lipinski definition) is 4. The Morgan fingerprint density at radius 3 is 2.38 bits per heavy atom. The monoisotopic (exact) mass is 332 g/mol. The molecular weight excluding hydrogens is 308 g/mol. The Labute approximate surface area is 134 Å². The zero-order valence-corrected chi connectivity index (χ0v) is 14.6. The molecule has 120 valence electrons. The molecule has 0 saturated carbocycles. The summed E-state index contributed by atoms with van der Waals surface area (Å²) >= 11 is 0. The second-order valence-corrected chi connectivity index (χ2v) is 8.34. The fraction of sp³-hybridized carbons (Fsp3) is 0.600. The molecule has 2 rings (SSSR count). The Bertz CT molecular complexity index is 552. The molecule has 1 fully saturated rings. The first-order chi connectivity index (χ1) is 9.28. The molecule has 1 N–H and O–H groups in total. The van der Waals surface area contributed by atoms with Crippen molar-refractivity contribution in [1.29, 1.82) is 0 Å². The van der Waals surface area contributed by atoms with Crippen molar-refractivity contribution < 1.29 is 8.42 Å². The van der Waals surface area contributed by atoms with Gasteiger partial charge in [-0.1, -0.05) is 19.1 Å². The third-order valence-electron chi connectivity index (χ3n) is 3.91. The molecule has 1 aromatic carbocycles. The molecule has 0 spiro atoms. The van der Waals surface area contributed by atoms with E-state index >= 15 is 0 Å². The van der Waals surface area contributed by atoms with Gasteiger partial charge in [-0.15, -0.1) is 12.4 Å². The predicted molar refractivity (Wildman–Crippen MR) is 88.7 cm³/mol. The number of sulfone groups is 1. The summed E-state index contributed by atoms with van der Waals surface area (Å²) in [6.07, 6.45) is 2.45. The highest BCUT2D eigenvalue weighted by Crippen LogP contribution is 2.25.